The van der Waals surface area contributed by atoms with Crippen LogP contribution in [0.25, 0.3) is 0 Å². The van der Waals surface area contributed by atoms with Crippen LogP contribution in [-0.2, 0) is 4.79 Å². The van der Waals surface area contributed by atoms with Crippen molar-refractivity contribution in [3.8, 4) is 6.07 Å². The van der Waals surface area contributed by atoms with Gasteiger partial charge in [-0.25, -0.2) is 0 Å². The molecule has 0 saturated carbocycles. The van der Waals surface area contributed by atoms with E-state index in [0.29, 0.717) is 18.7 Å². The second kappa shape index (κ2) is 7.13. The first-order valence-corrected chi connectivity index (χ1v) is 10.0. The Morgan fingerprint density at radius 2 is 1.67 bits per heavy atom. The number of thioether (sulfide) groups is 1. The number of anilines is 1. The average molecular weight is 375 g/mol. The van der Waals surface area contributed by atoms with Crippen molar-refractivity contribution < 1.29 is 4.79 Å². The van der Waals surface area contributed by atoms with E-state index < -0.39 is 0 Å². The summed E-state index contributed by atoms with van der Waals surface area (Å²) in [6.07, 6.45) is 0.345. The molecule has 0 bridgehead atoms. The van der Waals surface area contributed by atoms with Gasteiger partial charge in [0.1, 0.15) is 0 Å². The minimum atomic E-state index is -0.146. The number of allylic oxidation sites excluding steroid dienone is 1. The Kier molecular flexibility index (Phi) is 4.67. The molecule has 5 heteroatoms. The van der Waals surface area contributed by atoms with Gasteiger partial charge in [0.25, 0.3) is 0 Å². The number of nitriles is 1. The number of carbonyl (C=O) groups is 1. The standard InChI is InChI=1S/C22H21N3OS/c1-15-3-7-17(8-4-15)19-11-21(26)25-13-24(14-27-22(25)20(19)12-23)18-9-5-16(2)6-10-18/h3-10,19H,11,13-14H2,1-2H3. The lowest BCUT2D eigenvalue weighted by Crippen LogP contribution is -2.47. The highest BCUT2D eigenvalue weighted by Gasteiger charge is 2.38. The van der Waals surface area contributed by atoms with Gasteiger partial charge in [0.15, 0.2) is 0 Å². The van der Waals surface area contributed by atoms with Crippen molar-refractivity contribution >= 4 is 23.4 Å². The van der Waals surface area contributed by atoms with Crippen LogP contribution in [0.15, 0.2) is 59.1 Å². The lowest BCUT2D eigenvalue weighted by Gasteiger charge is -2.42. The quantitative estimate of drug-likeness (QED) is 0.774. The third-order valence-electron chi connectivity index (χ3n) is 5.17. The highest BCUT2D eigenvalue weighted by Crippen LogP contribution is 2.43. The zero-order chi connectivity index (χ0) is 19.0. The molecule has 136 valence electrons. The van der Waals surface area contributed by atoms with Gasteiger partial charge in [0, 0.05) is 18.0 Å². The van der Waals surface area contributed by atoms with E-state index >= 15 is 0 Å². The molecular formula is C22H21N3OS. The molecule has 2 aromatic rings. The number of rotatable bonds is 2. The molecule has 2 aromatic carbocycles. The lowest BCUT2D eigenvalue weighted by atomic mass is 9.86. The van der Waals surface area contributed by atoms with Gasteiger partial charge in [0.2, 0.25) is 5.91 Å². The van der Waals surface area contributed by atoms with E-state index in [0.717, 1.165) is 22.2 Å². The molecule has 0 N–H and O–H groups in total. The molecular weight excluding hydrogens is 354 g/mol. The summed E-state index contributed by atoms with van der Waals surface area (Å²) in [5, 5.41) is 10.7. The number of hydrogen-bond donors (Lipinski definition) is 0. The van der Waals surface area contributed by atoms with E-state index in [1.54, 1.807) is 16.7 Å². The first-order chi connectivity index (χ1) is 13.1. The molecule has 0 aromatic heterocycles. The molecule has 2 aliphatic rings. The molecule has 2 aliphatic heterocycles. The van der Waals surface area contributed by atoms with Crippen molar-refractivity contribution in [1.29, 1.82) is 5.26 Å². The van der Waals surface area contributed by atoms with E-state index in [1.165, 1.54) is 11.1 Å². The third-order valence-corrected chi connectivity index (χ3v) is 6.33. The molecule has 4 nitrogen and oxygen atoms in total. The van der Waals surface area contributed by atoms with Crippen LogP contribution in [0.5, 0.6) is 0 Å². The van der Waals surface area contributed by atoms with Crippen molar-refractivity contribution in [3.05, 3.63) is 75.8 Å². The van der Waals surface area contributed by atoms with E-state index in [1.807, 2.05) is 31.2 Å². The van der Waals surface area contributed by atoms with Gasteiger partial charge in [0.05, 0.1) is 29.2 Å². The van der Waals surface area contributed by atoms with Gasteiger partial charge >= 0.3 is 0 Å². The Hall–Kier alpha value is -2.71. The Balaban J connectivity index is 1.65. The zero-order valence-corrected chi connectivity index (χ0v) is 16.3. The summed E-state index contributed by atoms with van der Waals surface area (Å²) in [7, 11) is 0. The first kappa shape index (κ1) is 17.7. The van der Waals surface area contributed by atoms with Gasteiger partial charge in [-0.1, -0.05) is 59.3 Å². The first-order valence-electron chi connectivity index (χ1n) is 9.02. The number of fused-ring (bicyclic) bond motifs is 1. The maximum Gasteiger partial charge on any atom is 0.229 e. The summed E-state index contributed by atoms with van der Waals surface area (Å²) in [5.41, 5.74) is 5.24. The maximum atomic E-state index is 12.9. The summed E-state index contributed by atoms with van der Waals surface area (Å²) >= 11 is 1.58. The molecule has 0 spiro atoms. The fraction of sp³-hybridized carbons (Fsp3) is 0.273. The van der Waals surface area contributed by atoms with Gasteiger partial charge < -0.3 is 4.90 Å². The molecule has 0 aliphatic carbocycles. The van der Waals surface area contributed by atoms with Crippen LogP contribution in [0.4, 0.5) is 5.69 Å². The predicted molar refractivity (Wildman–Crippen MR) is 109 cm³/mol. The molecule has 1 atom stereocenters. The molecule has 1 saturated heterocycles. The average Bonchev–Trinajstić information content (AvgIpc) is 2.69. The van der Waals surface area contributed by atoms with Crippen LogP contribution in [-0.4, -0.2) is 23.4 Å². The van der Waals surface area contributed by atoms with Gasteiger partial charge in [-0.2, -0.15) is 5.26 Å². The van der Waals surface area contributed by atoms with E-state index in [-0.39, 0.29) is 11.8 Å². The number of amides is 1. The topological polar surface area (TPSA) is 47.3 Å². The van der Waals surface area contributed by atoms with Gasteiger partial charge in [-0.05, 0) is 31.5 Å². The molecule has 1 fully saturated rings. The summed E-state index contributed by atoms with van der Waals surface area (Å²) in [6.45, 7) is 4.60. The molecule has 2 heterocycles. The molecule has 27 heavy (non-hydrogen) atoms. The number of hydrogen-bond acceptors (Lipinski definition) is 4. The number of aryl methyl sites for hydroxylation is 2. The van der Waals surface area contributed by atoms with E-state index in [2.05, 4.69) is 42.2 Å². The molecule has 1 amide bonds. The van der Waals surface area contributed by atoms with Crippen LogP contribution >= 0.6 is 11.8 Å². The molecule has 4 rings (SSSR count). The lowest BCUT2D eigenvalue weighted by molar-refractivity contribution is -0.129. The summed E-state index contributed by atoms with van der Waals surface area (Å²) in [5.74, 6) is 0.667. The second-order valence-corrected chi connectivity index (χ2v) is 8.04. The minimum Gasteiger partial charge on any atom is -0.344 e. The summed E-state index contributed by atoms with van der Waals surface area (Å²) in [4.78, 5) is 16.9. The third kappa shape index (κ3) is 3.33. The Labute approximate surface area is 164 Å². The number of carbonyl (C=O) groups excluding carboxylic acids is 1. The van der Waals surface area contributed by atoms with Gasteiger partial charge in [-0.15, -0.1) is 0 Å². The van der Waals surface area contributed by atoms with E-state index in [4.69, 9.17) is 0 Å². The Morgan fingerprint density at radius 3 is 2.30 bits per heavy atom. The fourth-order valence-corrected chi connectivity index (χ4v) is 4.73. The normalized spacial score (nSPS) is 19.7. The van der Waals surface area contributed by atoms with E-state index in [9.17, 15) is 10.1 Å². The van der Waals surface area contributed by atoms with Crippen LogP contribution in [0, 0.1) is 25.2 Å². The number of nitrogens with zero attached hydrogens (tertiary/aromatic N) is 3. The van der Waals surface area contributed by atoms with Crippen molar-refractivity contribution in [1.82, 2.24) is 4.90 Å². The van der Waals surface area contributed by atoms with Crippen LogP contribution in [0.1, 0.15) is 29.0 Å². The number of benzene rings is 2. The van der Waals surface area contributed by atoms with Crippen molar-refractivity contribution in [2.45, 2.75) is 26.2 Å². The highest BCUT2D eigenvalue weighted by atomic mass is 32.2. The SMILES string of the molecule is Cc1ccc(C2CC(=O)N3CN(c4ccc(C)cc4)CSC3=C2C#N)cc1. The maximum absolute atomic E-state index is 12.9. The van der Waals surface area contributed by atoms with Crippen molar-refractivity contribution in [2.75, 3.05) is 17.4 Å². The smallest absolute Gasteiger partial charge is 0.229 e. The molecule has 0 radical (unpaired) electrons. The molecule has 1 unspecified atom stereocenters. The summed E-state index contributed by atoms with van der Waals surface area (Å²) in [6, 6.07) is 18.9. The van der Waals surface area contributed by atoms with Crippen LogP contribution in [0.2, 0.25) is 0 Å². The van der Waals surface area contributed by atoms with Crippen LogP contribution < -0.4 is 4.90 Å². The van der Waals surface area contributed by atoms with Crippen molar-refractivity contribution in [2.24, 2.45) is 0 Å². The van der Waals surface area contributed by atoms with Crippen molar-refractivity contribution in [3.63, 3.8) is 0 Å². The van der Waals surface area contributed by atoms with Gasteiger partial charge in [-0.3, -0.25) is 9.69 Å². The second-order valence-electron chi connectivity index (χ2n) is 7.11. The zero-order valence-electron chi connectivity index (χ0n) is 15.5. The summed E-state index contributed by atoms with van der Waals surface area (Å²) < 4.78 is 0. The highest BCUT2D eigenvalue weighted by molar-refractivity contribution is 8.03. The Bertz CT molecular complexity index is 941. The predicted octanol–water partition coefficient (Wildman–Crippen LogP) is 4.52. The monoisotopic (exact) mass is 375 g/mol. The van der Waals surface area contributed by atoms with Crippen LogP contribution in [0.3, 0.4) is 0 Å². The Morgan fingerprint density at radius 1 is 1.04 bits per heavy atom. The minimum absolute atomic E-state index is 0.0823. The largest absolute Gasteiger partial charge is 0.344 e. The fourth-order valence-electron chi connectivity index (χ4n) is 3.56.